The van der Waals surface area contributed by atoms with Crippen LogP contribution in [0.3, 0.4) is 0 Å². The predicted octanol–water partition coefficient (Wildman–Crippen LogP) is 1.91. The third kappa shape index (κ3) is 4.13. The zero-order chi connectivity index (χ0) is 11.2. The first-order chi connectivity index (χ1) is 7.86. The van der Waals surface area contributed by atoms with Gasteiger partial charge in [-0.1, -0.05) is 0 Å². The summed E-state index contributed by atoms with van der Waals surface area (Å²) in [6, 6.07) is 1.60. The summed E-state index contributed by atoms with van der Waals surface area (Å²) in [6.07, 6.45) is 4.14. The Hall–Kier alpha value is 0.620. The molecule has 2 aliphatic heterocycles. The highest BCUT2D eigenvalue weighted by Gasteiger charge is 2.20. The quantitative estimate of drug-likeness (QED) is 0.830. The molecule has 0 aliphatic carbocycles. The summed E-state index contributed by atoms with van der Waals surface area (Å²) in [5.41, 5.74) is 0. The highest BCUT2D eigenvalue weighted by Crippen LogP contribution is 2.18. The summed E-state index contributed by atoms with van der Waals surface area (Å²) in [6.45, 7) is 2.51. The maximum atomic E-state index is 3.74. The van der Waals surface area contributed by atoms with Gasteiger partial charge in [0.05, 0.1) is 0 Å². The molecule has 1 atom stereocenters. The van der Waals surface area contributed by atoms with E-state index < -0.39 is 0 Å². The van der Waals surface area contributed by atoms with Crippen LogP contribution < -0.4 is 5.32 Å². The van der Waals surface area contributed by atoms with Gasteiger partial charge in [-0.3, -0.25) is 0 Å². The average Bonchev–Trinajstić information content (AvgIpc) is 2.55. The molecule has 2 aliphatic rings. The zero-order valence-electron chi connectivity index (χ0n) is 10.3. The molecular formula is C12H24N2S2. The highest BCUT2D eigenvalue weighted by molar-refractivity contribution is 8.03. The van der Waals surface area contributed by atoms with Crippen molar-refractivity contribution in [2.75, 3.05) is 43.1 Å². The monoisotopic (exact) mass is 260 g/mol. The van der Waals surface area contributed by atoms with Crippen LogP contribution in [0.2, 0.25) is 0 Å². The van der Waals surface area contributed by atoms with E-state index in [9.17, 15) is 0 Å². The van der Waals surface area contributed by atoms with Crippen LogP contribution in [0, 0.1) is 0 Å². The van der Waals surface area contributed by atoms with Gasteiger partial charge < -0.3 is 10.2 Å². The Kier molecular flexibility index (Phi) is 5.83. The van der Waals surface area contributed by atoms with Crippen LogP contribution in [0.1, 0.15) is 19.3 Å². The molecule has 4 heteroatoms. The second-order valence-electron chi connectivity index (χ2n) is 4.87. The molecule has 2 saturated heterocycles. The zero-order valence-corrected chi connectivity index (χ0v) is 11.9. The summed E-state index contributed by atoms with van der Waals surface area (Å²) < 4.78 is 0. The van der Waals surface area contributed by atoms with Crippen molar-refractivity contribution in [1.29, 1.82) is 0 Å². The number of nitrogens with zero attached hydrogens (tertiary/aromatic N) is 1. The smallest absolute Gasteiger partial charge is 0.0248 e. The lowest BCUT2D eigenvalue weighted by Crippen LogP contribution is -2.37. The Bertz CT molecular complexity index is 193. The third-order valence-electron chi connectivity index (χ3n) is 3.59. The third-order valence-corrected chi connectivity index (χ3v) is 6.11. The maximum Gasteiger partial charge on any atom is 0.0248 e. The van der Waals surface area contributed by atoms with Crippen molar-refractivity contribution in [2.45, 2.75) is 31.3 Å². The Morgan fingerprint density at radius 1 is 1.25 bits per heavy atom. The van der Waals surface area contributed by atoms with Gasteiger partial charge in [-0.15, -0.1) is 0 Å². The van der Waals surface area contributed by atoms with Crippen molar-refractivity contribution >= 4 is 23.5 Å². The first-order valence-corrected chi connectivity index (χ1v) is 8.76. The Morgan fingerprint density at radius 3 is 2.62 bits per heavy atom. The summed E-state index contributed by atoms with van der Waals surface area (Å²) in [7, 11) is 2.27. The molecule has 94 valence electrons. The van der Waals surface area contributed by atoms with E-state index in [1.807, 2.05) is 0 Å². The summed E-state index contributed by atoms with van der Waals surface area (Å²) in [5, 5.41) is 3.74. The van der Waals surface area contributed by atoms with Crippen molar-refractivity contribution in [2.24, 2.45) is 0 Å². The lowest BCUT2D eigenvalue weighted by molar-refractivity contribution is 0.292. The molecule has 0 amide bonds. The summed E-state index contributed by atoms with van der Waals surface area (Å²) in [4.78, 5) is 2.53. The number of nitrogens with one attached hydrogen (secondary N) is 1. The highest BCUT2D eigenvalue weighted by atomic mass is 32.2. The van der Waals surface area contributed by atoms with E-state index in [4.69, 9.17) is 0 Å². The van der Waals surface area contributed by atoms with Gasteiger partial charge in [0.25, 0.3) is 0 Å². The van der Waals surface area contributed by atoms with E-state index in [2.05, 4.69) is 40.8 Å². The molecule has 0 spiro atoms. The van der Waals surface area contributed by atoms with E-state index in [0.29, 0.717) is 0 Å². The van der Waals surface area contributed by atoms with Crippen molar-refractivity contribution in [3.8, 4) is 0 Å². The summed E-state index contributed by atoms with van der Waals surface area (Å²) >= 11 is 4.23. The van der Waals surface area contributed by atoms with Crippen LogP contribution in [-0.2, 0) is 0 Å². The molecule has 0 aromatic carbocycles. The average molecular weight is 260 g/mol. The molecule has 0 radical (unpaired) electrons. The standard InChI is InChI=1S/C12H24N2S2/c1-14-6-2-3-12(14)4-5-13-11-9-15-7-8-16-10-11/h11-13H,2-10H2,1H3. The molecule has 0 aromatic heterocycles. The molecule has 0 aromatic rings. The van der Waals surface area contributed by atoms with Gasteiger partial charge in [-0.2, -0.15) is 23.5 Å². The lowest BCUT2D eigenvalue weighted by atomic mass is 10.1. The van der Waals surface area contributed by atoms with E-state index in [0.717, 1.165) is 12.1 Å². The minimum absolute atomic E-state index is 0.754. The van der Waals surface area contributed by atoms with Crippen molar-refractivity contribution < 1.29 is 0 Å². The van der Waals surface area contributed by atoms with E-state index in [1.54, 1.807) is 0 Å². The van der Waals surface area contributed by atoms with Crippen LogP contribution in [0.5, 0.6) is 0 Å². The normalized spacial score (nSPS) is 29.4. The number of rotatable bonds is 4. The molecule has 1 unspecified atom stereocenters. The van der Waals surface area contributed by atoms with Crippen molar-refractivity contribution in [3.05, 3.63) is 0 Å². The molecule has 2 heterocycles. The van der Waals surface area contributed by atoms with Crippen molar-refractivity contribution in [3.63, 3.8) is 0 Å². The first kappa shape index (κ1) is 13.1. The minimum atomic E-state index is 0.754. The van der Waals surface area contributed by atoms with Crippen LogP contribution in [0.15, 0.2) is 0 Å². The van der Waals surface area contributed by atoms with Gasteiger partial charge in [0.2, 0.25) is 0 Å². The number of thioether (sulfide) groups is 2. The minimum Gasteiger partial charge on any atom is -0.312 e. The SMILES string of the molecule is CN1CCCC1CCNC1CSCCSC1. The number of hydrogen-bond acceptors (Lipinski definition) is 4. The van der Waals surface area contributed by atoms with Gasteiger partial charge in [0.1, 0.15) is 0 Å². The van der Waals surface area contributed by atoms with Crippen LogP contribution in [0.25, 0.3) is 0 Å². The molecule has 2 nitrogen and oxygen atoms in total. The molecule has 16 heavy (non-hydrogen) atoms. The van der Waals surface area contributed by atoms with Gasteiger partial charge in [0.15, 0.2) is 0 Å². The molecular weight excluding hydrogens is 236 g/mol. The fourth-order valence-corrected chi connectivity index (χ4v) is 5.00. The van der Waals surface area contributed by atoms with Gasteiger partial charge >= 0.3 is 0 Å². The first-order valence-electron chi connectivity index (χ1n) is 6.45. The predicted molar refractivity (Wildman–Crippen MR) is 76.7 cm³/mol. The Balaban J connectivity index is 1.59. The van der Waals surface area contributed by atoms with E-state index in [1.165, 1.54) is 55.4 Å². The maximum absolute atomic E-state index is 3.74. The second kappa shape index (κ2) is 7.14. The molecule has 0 bridgehead atoms. The summed E-state index contributed by atoms with van der Waals surface area (Å²) in [5.74, 6) is 5.31. The van der Waals surface area contributed by atoms with Crippen molar-refractivity contribution in [1.82, 2.24) is 10.2 Å². The van der Waals surface area contributed by atoms with Gasteiger partial charge in [-0.25, -0.2) is 0 Å². The lowest BCUT2D eigenvalue weighted by Gasteiger charge is -2.21. The fourth-order valence-electron chi connectivity index (χ4n) is 2.53. The van der Waals surface area contributed by atoms with E-state index in [-0.39, 0.29) is 0 Å². The van der Waals surface area contributed by atoms with Gasteiger partial charge in [-0.05, 0) is 39.4 Å². The molecule has 2 fully saturated rings. The number of hydrogen-bond donors (Lipinski definition) is 1. The number of likely N-dealkylation sites (tertiary alicyclic amines) is 1. The van der Waals surface area contributed by atoms with Gasteiger partial charge in [0, 0.05) is 35.1 Å². The Morgan fingerprint density at radius 2 is 2.00 bits per heavy atom. The fraction of sp³-hybridized carbons (Fsp3) is 1.00. The topological polar surface area (TPSA) is 15.3 Å². The van der Waals surface area contributed by atoms with Crippen LogP contribution >= 0.6 is 23.5 Å². The Labute approximate surface area is 108 Å². The molecule has 0 saturated carbocycles. The molecule has 1 N–H and O–H groups in total. The second-order valence-corrected chi connectivity index (χ2v) is 7.17. The molecule has 2 rings (SSSR count). The van der Waals surface area contributed by atoms with E-state index >= 15 is 0 Å². The largest absolute Gasteiger partial charge is 0.312 e. The van der Waals surface area contributed by atoms with Crippen LogP contribution in [0.4, 0.5) is 0 Å². The van der Waals surface area contributed by atoms with Crippen LogP contribution in [-0.4, -0.2) is 60.1 Å².